The van der Waals surface area contributed by atoms with Crippen molar-refractivity contribution in [3.8, 4) is 17.4 Å². The lowest BCUT2D eigenvalue weighted by molar-refractivity contribution is -0.142. The van der Waals surface area contributed by atoms with Crippen LogP contribution in [0.15, 0.2) is 28.8 Å². The molecule has 0 bridgehead atoms. The number of methoxy groups -OCH3 is 3. The maximum absolute atomic E-state index is 11.3. The predicted molar refractivity (Wildman–Crippen MR) is 94.5 cm³/mol. The zero-order valence-corrected chi connectivity index (χ0v) is 15.3. The second-order valence-electron chi connectivity index (χ2n) is 4.93. The molecular weight excluding hydrogens is 348 g/mol. The Morgan fingerprint density at radius 2 is 2.00 bits per heavy atom. The number of hydrogen-bond acceptors (Lipinski definition) is 8. The molecule has 25 heavy (non-hydrogen) atoms. The SMILES string of the molecule is COC(=O)[C@@H](N)Cc1cc(OCc2ccc(OC)cc2OC)no1.S. The topological polar surface area (TPSA) is 106 Å². The number of nitrogens with zero attached hydrogens (tertiary/aromatic N) is 1. The molecule has 0 aliphatic heterocycles. The van der Waals surface area contributed by atoms with Gasteiger partial charge in [-0.2, -0.15) is 13.5 Å². The standard InChI is InChI=1S/C16H20N2O6.H2S/c1-20-11-5-4-10(14(7-11)21-2)9-23-15-8-12(24-18-15)6-13(17)16(19)22-3;/h4-5,7-8,13H,6,9,17H2,1-3H3;1H2/t13-;/m0./s1. The van der Waals surface area contributed by atoms with Crippen molar-refractivity contribution >= 4 is 19.5 Å². The summed E-state index contributed by atoms with van der Waals surface area (Å²) >= 11 is 0. The summed E-state index contributed by atoms with van der Waals surface area (Å²) in [5.41, 5.74) is 6.50. The molecular formula is C16H22N2O6S. The highest BCUT2D eigenvalue weighted by atomic mass is 32.1. The molecule has 9 heteroatoms. The number of carbonyl (C=O) groups excluding carboxylic acids is 1. The lowest BCUT2D eigenvalue weighted by atomic mass is 10.2. The van der Waals surface area contributed by atoms with E-state index in [-0.39, 0.29) is 26.5 Å². The van der Waals surface area contributed by atoms with Crippen LogP contribution < -0.4 is 19.9 Å². The van der Waals surface area contributed by atoms with Gasteiger partial charge in [0.25, 0.3) is 5.88 Å². The second kappa shape index (κ2) is 9.80. The average Bonchev–Trinajstić information content (AvgIpc) is 3.06. The highest BCUT2D eigenvalue weighted by Gasteiger charge is 2.18. The van der Waals surface area contributed by atoms with Crippen LogP contribution in [0, 0.1) is 0 Å². The Morgan fingerprint density at radius 1 is 1.24 bits per heavy atom. The summed E-state index contributed by atoms with van der Waals surface area (Å²) in [6.07, 6.45) is 0.175. The molecule has 0 saturated carbocycles. The molecule has 2 rings (SSSR count). The smallest absolute Gasteiger partial charge is 0.323 e. The molecule has 0 aliphatic rings. The molecule has 0 aliphatic carbocycles. The highest BCUT2D eigenvalue weighted by molar-refractivity contribution is 7.59. The molecule has 0 unspecified atom stereocenters. The van der Waals surface area contributed by atoms with Crippen LogP contribution in [0.3, 0.4) is 0 Å². The average molecular weight is 370 g/mol. The minimum atomic E-state index is -0.808. The van der Waals surface area contributed by atoms with Crippen LogP contribution in [0.2, 0.25) is 0 Å². The summed E-state index contributed by atoms with van der Waals surface area (Å²) in [6, 6.07) is 6.19. The van der Waals surface area contributed by atoms with E-state index in [2.05, 4.69) is 9.89 Å². The first-order valence-electron chi connectivity index (χ1n) is 7.20. The van der Waals surface area contributed by atoms with Crippen molar-refractivity contribution in [2.75, 3.05) is 21.3 Å². The van der Waals surface area contributed by atoms with Crippen LogP contribution >= 0.6 is 13.5 Å². The number of ether oxygens (including phenoxy) is 4. The summed E-state index contributed by atoms with van der Waals surface area (Å²) in [5.74, 6) is 1.54. The lowest BCUT2D eigenvalue weighted by Gasteiger charge is -2.10. The molecule has 2 N–H and O–H groups in total. The minimum Gasteiger partial charge on any atom is -0.497 e. The zero-order chi connectivity index (χ0) is 17.5. The molecule has 1 heterocycles. The Kier molecular flexibility index (Phi) is 8.09. The number of hydrogen-bond donors (Lipinski definition) is 1. The fraction of sp³-hybridized carbons (Fsp3) is 0.375. The first-order valence-corrected chi connectivity index (χ1v) is 7.20. The summed E-state index contributed by atoms with van der Waals surface area (Å²) < 4.78 is 25.7. The third kappa shape index (κ3) is 5.57. The second-order valence-corrected chi connectivity index (χ2v) is 4.93. The first-order chi connectivity index (χ1) is 11.6. The Hall–Kier alpha value is -2.39. The number of esters is 1. The summed E-state index contributed by atoms with van der Waals surface area (Å²) in [6.45, 7) is 0.238. The van der Waals surface area contributed by atoms with Gasteiger partial charge in [-0.3, -0.25) is 4.79 Å². The summed E-state index contributed by atoms with van der Waals surface area (Å²) in [4.78, 5) is 11.3. The van der Waals surface area contributed by atoms with E-state index in [1.807, 2.05) is 12.1 Å². The van der Waals surface area contributed by atoms with Crippen molar-refractivity contribution in [2.24, 2.45) is 5.73 Å². The molecule has 0 spiro atoms. The van der Waals surface area contributed by atoms with Crippen molar-refractivity contribution in [3.63, 3.8) is 0 Å². The van der Waals surface area contributed by atoms with Crippen molar-refractivity contribution in [3.05, 3.63) is 35.6 Å². The summed E-state index contributed by atoms with van der Waals surface area (Å²) in [5, 5.41) is 3.79. The van der Waals surface area contributed by atoms with Gasteiger partial charge in [-0.15, -0.1) is 0 Å². The number of carbonyl (C=O) groups is 1. The van der Waals surface area contributed by atoms with Crippen LogP contribution in [-0.2, 0) is 22.6 Å². The third-order valence-electron chi connectivity index (χ3n) is 3.33. The van der Waals surface area contributed by atoms with Gasteiger partial charge in [0.15, 0.2) is 0 Å². The van der Waals surface area contributed by atoms with Gasteiger partial charge in [0, 0.05) is 24.1 Å². The van der Waals surface area contributed by atoms with Gasteiger partial charge in [0.05, 0.1) is 21.3 Å². The fourth-order valence-corrected chi connectivity index (χ4v) is 2.03. The van der Waals surface area contributed by atoms with Gasteiger partial charge < -0.3 is 29.2 Å². The van der Waals surface area contributed by atoms with Crippen LogP contribution in [0.25, 0.3) is 0 Å². The first kappa shape index (κ1) is 20.7. The van der Waals surface area contributed by atoms with Gasteiger partial charge in [0.1, 0.15) is 29.9 Å². The largest absolute Gasteiger partial charge is 0.497 e. The lowest BCUT2D eigenvalue weighted by Crippen LogP contribution is -2.33. The van der Waals surface area contributed by atoms with Gasteiger partial charge >= 0.3 is 5.97 Å². The zero-order valence-electron chi connectivity index (χ0n) is 14.3. The van der Waals surface area contributed by atoms with E-state index in [4.69, 9.17) is 24.5 Å². The van der Waals surface area contributed by atoms with Gasteiger partial charge in [0.2, 0.25) is 0 Å². The van der Waals surface area contributed by atoms with E-state index in [0.29, 0.717) is 23.1 Å². The number of rotatable bonds is 8. The molecule has 0 radical (unpaired) electrons. The third-order valence-corrected chi connectivity index (χ3v) is 3.33. The Labute approximate surface area is 152 Å². The Bertz CT molecular complexity index is 691. The van der Waals surface area contributed by atoms with E-state index in [1.54, 1.807) is 26.4 Å². The van der Waals surface area contributed by atoms with Crippen LogP contribution in [0.1, 0.15) is 11.3 Å². The molecule has 0 saturated heterocycles. The van der Waals surface area contributed by atoms with Crippen molar-refractivity contribution in [2.45, 2.75) is 19.1 Å². The molecule has 0 amide bonds. The van der Waals surface area contributed by atoms with Crippen molar-refractivity contribution < 1.29 is 28.3 Å². The van der Waals surface area contributed by atoms with E-state index in [9.17, 15) is 4.79 Å². The molecule has 138 valence electrons. The van der Waals surface area contributed by atoms with Crippen molar-refractivity contribution in [1.82, 2.24) is 5.16 Å². The monoisotopic (exact) mass is 370 g/mol. The molecule has 1 atom stereocenters. The maximum atomic E-state index is 11.3. The van der Waals surface area contributed by atoms with E-state index >= 15 is 0 Å². The van der Waals surface area contributed by atoms with Gasteiger partial charge in [-0.05, 0) is 17.3 Å². The molecule has 8 nitrogen and oxygen atoms in total. The molecule has 0 fully saturated rings. The van der Waals surface area contributed by atoms with Gasteiger partial charge in [-0.25, -0.2) is 0 Å². The molecule has 2 aromatic rings. The maximum Gasteiger partial charge on any atom is 0.323 e. The van der Waals surface area contributed by atoms with Crippen LogP contribution in [0.5, 0.6) is 17.4 Å². The van der Waals surface area contributed by atoms with Crippen LogP contribution in [0.4, 0.5) is 0 Å². The van der Waals surface area contributed by atoms with Crippen LogP contribution in [-0.4, -0.2) is 38.5 Å². The number of nitrogens with two attached hydrogens (primary N) is 1. The van der Waals surface area contributed by atoms with E-state index in [0.717, 1.165) is 5.56 Å². The predicted octanol–water partition coefficient (Wildman–Crippen LogP) is 1.43. The quantitative estimate of drug-likeness (QED) is 0.696. The minimum absolute atomic E-state index is 0. The fourth-order valence-electron chi connectivity index (χ4n) is 2.03. The van der Waals surface area contributed by atoms with Crippen molar-refractivity contribution in [1.29, 1.82) is 0 Å². The molecule has 1 aromatic heterocycles. The Morgan fingerprint density at radius 3 is 2.64 bits per heavy atom. The molecule has 1 aromatic carbocycles. The Balaban J connectivity index is 0.00000312. The summed E-state index contributed by atoms with van der Waals surface area (Å²) in [7, 11) is 4.43. The number of benzene rings is 1. The van der Waals surface area contributed by atoms with Gasteiger partial charge in [-0.1, -0.05) is 0 Å². The number of aromatic nitrogens is 1. The normalized spacial score (nSPS) is 11.2. The highest BCUT2D eigenvalue weighted by Crippen LogP contribution is 2.25. The van der Waals surface area contributed by atoms with E-state index < -0.39 is 12.0 Å². The van der Waals surface area contributed by atoms with E-state index in [1.165, 1.54) is 7.11 Å².